The van der Waals surface area contributed by atoms with Gasteiger partial charge in [-0.05, 0) is 53.0 Å². The van der Waals surface area contributed by atoms with E-state index in [-0.39, 0.29) is 5.91 Å². The molecular weight excluding hydrogens is 320 g/mol. The molecule has 0 aliphatic carbocycles. The van der Waals surface area contributed by atoms with Gasteiger partial charge in [0.05, 0.1) is 5.69 Å². The Bertz CT molecular complexity index is 629. The van der Waals surface area contributed by atoms with Crippen LogP contribution in [0.25, 0.3) is 5.69 Å². The zero-order valence-electron chi connectivity index (χ0n) is 10.9. The van der Waals surface area contributed by atoms with Gasteiger partial charge in [-0.15, -0.1) is 5.10 Å². The Balaban J connectivity index is 1.84. The topological polar surface area (TPSA) is 64.2 Å². The summed E-state index contributed by atoms with van der Waals surface area (Å²) in [7, 11) is 0. The summed E-state index contributed by atoms with van der Waals surface area (Å²) in [6, 6.07) is 9.16. The molecule has 5 nitrogen and oxygen atoms in total. The number of nitrogens with two attached hydrogens (primary N) is 1. The summed E-state index contributed by atoms with van der Waals surface area (Å²) >= 11 is 3.40. The lowest BCUT2D eigenvalue weighted by Crippen LogP contribution is -2.27. The van der Waals surface area contributed by atoms with E-state index in [4.69, 9.17) is 5.73 Å². The van der Waals surface area contributed by atoms with Crippen molar-refractivity contribution in [1.82, 2.24) is 14.7 Å². The van der Waals surface area contributed by atoms with Gasteiger partial charge in [0, 0.05) is 24.7 Å². The van der Waals surface area contributed by atoms with E-state index in [1.54, 1.807) is 10.7 Å². The lowest BCUT2D eigenvalue weighted by Gasteiger charge is -2.15. The maximum Gasteiger partial charge on any atom is 0.253 e. The predicted molar refractivity (Wildman–Crippen MR) is 80.8 cm³/mol. The minimum atomic E-state index is 0.105. The van der Waals surface area contributed by atoms with Crippen LogP contribution in [0.2, 0.25) is 0 Å². The van der Waals surface area contributed by atoms with Gasteiger partial charge in [0.1, 0.15) is 10.4 Å². The molecule has 1 saturated heterocycles. The van der Waals surface area contributed by atoms with Crippen molar-refractivity contribution in [2.24, 2.45) is 0 Å². The van der Waals surface area contributed by atoms with E-state index >= 15 is 0 Å². The fourth-order valence-electron chi connectivity index (χ4n) is 2.40. The second-order valence-corrected chi connectivity index (χ2v) is 5.66. The molecule has 20 heavy (non-hydrogen) atoms. The van der Waals surface area contributed by atoms with Crippen LogP contribution in [0, 0.1) is 0 Å². The monoisotopic (exact) mass is 334 g/mol. The second-order valence-electron chi connectivity index (χ2n) is 4.85. The third kappa shape index (κ3) is 2.43. The van der Waals surface area contributed by atoms with Gasteiger partial charge in [-0.1, -0.05) is 0 Å². The molecule has 1 aromatic carbocycles. The fraction of sp³-hybridized carbons (Fsp3) is 0.286. The van der Waals surface area contributed by atoms with Crippen LogP contribution < -0.4 is 5.73 Å². The first-order valence-corrected chi connectivity index (χ1v) is 7.35. The number of rotatable bonds is 2. The molecule has 1 aliphatic heterocycles. The number of carbonyl (C=O) groups is 1. The van der Waals surface area contributed by atoms with Crippen molar-refractivity contribution in [2.45, 2.75) is 12.8 Å². The summed E-state index contributed by atoms with van der Waals surface area (Å²) < 4.78 is 2.48. The molecule has 2 N–H and O–H groups in total. The number of nitrogen functional groups attached to an aromatic ring is 1. The number of carbonyl (C=O) groups excluding carboxylic acids is 1. The summed E-state index contributed by atoms with van der Waals surface area (Å²) in [4.78, 5) is 14.1. The zero-order chi connectivity index (χ0) is 14.1. The van der Waals surface area contributed by atoms with Crippen molar-refractivity contribution in [3.63, 3.8) is 0 Å². The quantitative estimate of drug-likeness (QED) is 0.917. The highest BCUT2D eigenvalue weighted by Gasteiger charge is 2.19. The lowest BCUT2D eigenvalue weighted by atomic mass is 10.2. The number of amides is 1. The predicted octanol–water partition coefficient (Wildman–Crippen LogP) is 2.45. The smallest absolute Gasteiger partial charge is 0.253 e. The minimum absolute atomic E-state index is 0.105. The van der Waals surface area contributed by atoms with Crippen molar-refractivity contribution >= 4 is 27.7 Å². The number of benzene rings is 1. The van der Waals surface area contributed by atoms with E-state index in [0.29, 0.717) is 11.4 Å². The van der Waals surface area contributed by atoms with E-state index in [1.165, 1.54) is 0 Å². The van der Waals surface area contributed by atoms with Crippen LogP contribution in [0.5, 0.6) is 0 Å². The number of aromatic nitrogens is 2. The highest BCUT2D eigenvalue weighted by Crippen LogP contribution is 2.20. The number of hydrogen-bond donors (Lipinski definition) is 1. The van der Waals surface area contributed by atoms with Gasteiger partial charge in [0.15, 0.2) is 0 Å². The van der Waals surface area contributed by atoms with Crippen LogP contribution >= 0.6 is 15.9 Å². The molecular formula is C14H15BrN4O. The standard InChI is InChI=1S/C14H15BrN4O/c15-12-9-13(16)17-19(12)11-5-3-10(4-6-11)14(20)18-7-1-2-8-18/h3-6,9H,1-2,7-8H2,(H2,16,17). The normalized spacial score (nSPS) is 14.8. The molecule has 0 bridgehead atoms. The first-order chi connectivity index (χ1) is 9.65. The molecule has 2 aromatic rings. The molecule has 6 heteroatoms. The summed E-state index contributed by atoms with van der Waals surface area (Å²) in [6.45, 7) is 1.73. The Morgan fingerprint density at radius 1 is 1.20 bits per heavy atom. The summed E-state index contributed by atoms with van der Waals surface area (Å²) in [5.74, 6) is 0.558. The van der Waals surface area contributed by atoms with Crippen LogP contribution in [0.4, 0.5) is 5.82 Å². The van der Waals surface area contributed by atoms with E-state index in [9.17, 15) is 4.79 Å². The third-order valence-corrected chi connectivity index (χ3v) is 4.00. The Kier molecular flexibility index (Phi) is 3.48. The molecule has 1 aliphatic rings. The van der Waals surface area contributed by atoms with Gasteiger partial charge in [-0.2, -0.15) is 0 Å². The molecule has 1 aromatic heterocycles. The summed E-state index contributed by atoms with van der Waals surface area (Å²) in [6.07, 6.45) is 2.20. The molecule has 0 radical (unpaired) electrons. The highest BCUT2D eigenvalue weighted by molar-refractivity contribution is 9.10. The van der Waals surface area contributed by atoms with E-state index in [2.05, 4.69) is 21.0 Å². The molecule has 104 valence electrons. The maximum atomic E-state index is 12.2. The van der Waals surface area contributed by atoms with Crippen LogP contribution in [0.15, 0.2) is 34.9 Å². The summed E-state index contributed by atoms with van der Waals surface area (Å²) in [5.41, 5.74) is 7.24. The zero-order valence-corrected chi connectivity index (χ0v) is 12.5. The van der Waals surface area contributed by atoms with Crippen molar-refractivity contribution in [2.75, 3.05) is 18.8 Å². The SMILES string of the molecule is Nc1cc(Br)n(-c2ccc(C(=O)N3CCCC3)cc2)n1. The summed E-state index contributed by atoms with van der Waals surface area (Å²) in [5, 5.41) is 4.18. The Labute approximate surface area is 125 Å². The number of likely N-dealkylation sites (tertiary alicyclic amines) is 1. The Hall–Kier alpha value is -1.82. The highest BCUT2D eigenvalue weighted by atomic mass is 79.9. The molecule has 0 unspecified atom stereocenters. The molecule has 0 spiro atoms. The van der Waals surface area contributed by atoms with Crippen LogP contribution in [-0.2, 0) is 0 Å². The maximum absolute atomic E-state index is 12.2. The van der Waals surface area contributed by atoms with E-state index in [1.807, 2.05) is 29.2 Å². The van der Waals surface area contributed by atoms with Crippen molar-refractivity contribution in [1.29, 1.82) is 0 Å². The first-order valence-electron chi connectivity index (χ1n) is 6.56. The van der Waals surface area contributed by atoms with Crippen LogP contribution in [0.3, 0.4) is 0 Å². The molecule has 0 atom stereocenters. The van der Waals surface area contributed by atoms with Crippen molar-refractivity contribution < 1.29 is 4.79 Å². The van der Waals surface area contributed by atoms with Crippen LogP contribution in [-0.4, -0.2) is 33.7 Å². The third-order valence-electron chi connectivity index (χ3n) is 3.44. The van der Waals surface area contributed by atoms with Gasteiger partial charge in [0.25, 0.3) is 5.91 Å². The van der Waals surface area contributed by atoms with Crippen LogP contribution in [0.1, 0.15) is 23.2 Å². The first kappa shape index (κ1) is 13.2. The molecule has 2 heterocycles. The van der Waals surface area contributed by atoms with Gasteiger partial charge < -0.3 is 10.6 Å². The van der Waals surface area contributed by atoms with E-state index < -0.39 is 0 Å². The average molecular weight is 335 g/mol. The Morgan fingerprint density at radius 2 is 1.85 bits per heavy atom. The Morgan fingerprint density at radius 3 is 2.40 bits per heavy atom. The molecule has 3 rings (SSSR count). The molecule has 1 amide bonds. The fourth-order valence-corrected chi connectivity index (χ4v) is 2.92. The number of anilines is 1. The average Bonchev–Trinajstić information content (AvgIpc) is 3.08. The van der Waals surface area contributed by atoms with Crippen molar-refractivity contribution in [3.05, 3.63) is 40.5 Å². The second kappa shape index (κ2) is 5.28. The molecule has 1 fully saturated rings. The van der Waals surface area contributed by atoms with Gasteiger partial charge >= 0.3 is 0 Å². The van der Waals surface area contributed by atoms with Gasteiger partial charge in [-0.3, -0.25) is 4.79 Å². The lowest BCUT2D eigenvalue weighted by molar-refractivity contribution is 0.0793. The van der Waals surface area contributed by atoms with Gasteiger partial charge in [0.2, 0.25) is 0 Å². The largest absolute Gasteiger partial charge is 0.382 e. The van der Waals surface area contributed by atoms with Gasteiger partial charge in [-0.25, -0.2) is 4.68 Å². The number of nitrogens with zero attached hydrogens (tertiary/aromatic N) is 3. The minimum Gasteiger partial charge on any atom is -0.382 e. The number of halogens is 1. The van der Waals surface area contributed by atoms with E-state index in [0.717, 1.165) is 36.2 Å². The van der Waals surface area contributed by atoms with Crippen molar-refractivity contribution in [3.8, 4) is 5.69 Å². The molecule has 0 saturated carbocycles. The number of hydrogen-bond acceptors (Lipinski definition) is 3.